The van der Waals surface area contributed by atoms with E-state index in [4.69, 9.17) is 9.05 Å². The highest BCUT2D eigenvalue weighted by atomic mass is 31.2. The smallest absolute Gasteiger partial charge is 0.322 e. The monoisotopic (exact) mass is 451 g/mol. The average molecular weight is 451 g/mol. The van der Waals surface area contributed by atoms with Crippen molar-refractivity contribution < 1.29 is 18.0 Å². The van der Waals surface area contributed by atoms with Gasteiger partial charge in [0.1, 0.15) is 5.82 Å². The maximum absolute atomic E-state index is 14.4. The van der Waals surface area contributed by atoms with Crippen molar-refractivity contribution in [3.8, 4) is 0 Å². The molecule has 1 heterocycles. The first kappa shape index (κ1) is 22.5. The fourth-order valence-electron chi connectivity index (χ4n) is 4.06. The number of aryl methyl sites for hydroxylation is 1. The number of nitrogens with zero attached hydrogens (tertiary/aromatic N) is 1. The van der Waals surface area contributed by atoms with Crippen molar-refractivity contribution in [2.24, 2.45) is 0 Å². The molecular formula is C26H27FNO3P. The number of benzene rings is 3. The summed E-state index contributed by atoms with van der Waals surface area (Å²) >= 11 is 0. The molecule has 0 fully saturated rings. The predicted octanol–water partition coefficient (Wildman–Crippen LogP) is 7.42. The molecule has 0 N–H and O–H groups in total. The average Bonchev–Trinajstić information content (AvgIpc) is 2.79. The number of halogens is 1. The first-order valence-corrected chi connectivity index (χ1v) is 12.4. The van der Waals surface area contributed by atoms with Crippen molar-refractivity contribution in [2.45, 2.75) is 26.6 Å². The lowest BCUT2D eigenvalue weighted by molar-refractivity contribution is 0.212. The summed E-state index contributed by atoms with van der Waals surface area (Å²) < 4.78 is 40.3. The Kier molecular flexibility index (Phi) is 6.61. The maximum atomic E-state index is 14.4. The quantitative estimate of drug-likeness (QED) is 0.351. The Bertz CT molecular complexity index is 1150. The van der Waals surface area contributed by atoms with Gasteiger partial charge in [-0.15, -0.1) is 0 Å². The molecule has 0 aromatic heterocycles. The molecule has 4 rings (SSSR count). The third-order valence-electron chi connectivity index (χ3n) is 5.42. The van der Waals surface area contributed by atoms with Crippen LogP contribution in [0, 0.1) is 12.7 Å². The zero-order chi connectivity index (χ0) is 22.7. The summed E-state index contributed by atoms with van der Waals surface area (Å²) in [4.78, 5) is 1.96. The summed E-state index contributed by atoms with van der Waals surface area (Å²) in [7, 11) is -3.72. The molecular weight excluding hydrogens is 424 g/mol. The van der Waals surface area contributed by atoms with E-state index in [0.717, 1.165) is 28.1 Å². The van der Waals surface area contributed by atoms with Gasteiger partial charge in [-0.25, -0.2) is 4.39 Å². The number of anilines is 1. The lowest BCUT2D eigenvalue weighted by atomic mass is 9.97. The fraction of sp³-hybridized carbons (Fsp3) is 0.231. The zero-order valence-corrected chi connectivity index (χ0v) is 19.4. The molecule has 1 unspecified atom stereocenters. The van der Waals surface area contributed by atoms with Crippen LogP contribution in [0.5, 0.6) is 0 Å². The standard InChI is InChI=1S/C26H27FNO3P/c1-4-30-32(29,31-5-2)26-24-18-22(27)14-13-21(24)17-25(20-9-7-6-8-10-20)28(26)23-15-11-19(3)12-16-23/h6-18,26H,4-5H2,1-3H3. The topological polar surface area (TPSA) is 38.8 Å². The van der Waals surface area contributed by atoms with E-state index in [2.05, 4.69) is 0 Å². The van der Waals surface area contributed by atoms with E-state index in [1.54, 1.807) is 19.9 Å². The molecule has 4 nitrogen and oxygen atoms in total. The van der Waals surface area contributed by atoms with Crippen LogP contribution in [-0.4, -0.2) is 13.2 Å². The predicted molar refractivity (Wildman–Crippen MR) is 128 cm³/mol. The molecule has 0 spiro atoms. The van der Waals surface area contributed by atoms with Crippen molar-refractivity contribution >= 4 is 25.1 Å². The number of hydrogen-bond donors (Lipinski definition) is 0. The van der Waals surface area contributed by atoms with Crippen LogP contribution in [0.3, 0.4) is 0 Å². The van der Waals surface area contributed by atoms with Crippen LogP contribution in [-0.2, 0) is 13.6 Å². The normalized spacial score (nSPS) is 15.9. The van der Waals surface area contributed by atoms with E-state index in [9.17, 15) is 8.96 Å². The van der Waals surface area contributed by atoms with Gasteiger partial charge in [-0.2, -0.15) is 0 Å². The van der Waals surface area contributed by atoms with E-state index in [1.165, 1.54) is 12.1 Å². The second-order valence-corrected chi connectivity index (χ2v) is 9.71. The van der Waals surface area contributed by atoms with E-state index >= 15 is 0 Å². The zero-order valence-electron chi connectivity index (χ0n) is 18.5. The number of fused-ring (bicyclic) bond motifs is 1. The van der Waals surface area contributed by atoms with Gasteiger partial charge in [0.05, 0.1) is 18.9 Å². The van der Waals surface area contributed by atoms with Gasteiger partial charge in [0.25, 0.3) is 0 Å². The molecule has 0 aliphatic carbocycles. The Hall–Kier alpha value is -2.72. The summed E-state index contributed by atoms with van der Waals surface area (Å²) in [6, 6.07) is 22.4. The van der Waals surface area contributed by atoms with E-state index in [0.29, 0.717) is 5.56 Å². The van der Waals surface area contributed by atoms with Crippen LogP contribution in [0.1, 0.15) is 41.9 Å². The molecule has 0 radical (unpaired) electrons. The Balaban J connectivity index is 2.03. The molecule has 0 bridgehead atoms. The Morgan fingerprint density at radius 2 is 1.59 bits per heavy atom. The number of hydrogen-bond acceptors (Lipinski definition) is 4. The fourth-order valence-corrected chi connectivity index (χ4v) is 6.24. The Morgan fingerprint density at radius 1 is 0.938 bits per heavy atom. The first-order chi connectivity index (χ1) is 15.5. The minimum Gasteiger partial charge on any atom is -0.322 e. The van der Waals surface area contributed by atoms with Crippen LogP contribution < -0.4 is 4.90 Å². The van der Waals surface area contributed by atoms with Crippen molar-refractivity contribution in [3.05, 3.63) is 101 Å². The van der Waals surface area contributed by atoms with Crippen LogP contribution in [0.15, 0.2) is 72.8 Å². The van der Waals surface area contributed by atoms with Gasteiger partial charge >= 0.3 is 7.60 Å². The van der Waals surface area contributed by atoms with Crippen molar-refractivity contribution in [2.75, 3.05) is 18.1 Å². The van der Waals surface area contributed by atoms with E-state index < -0.39 is 19.2 Å². The molecule has 1 atom stereocenters. The summed E-state index contributed by atoms with van der Waals surface area (Å²) in [6.07, 6.45) is 2.00. The molecule has 0 amide bonds. The Morgan fingerprint density at radius 3 is 2.22 bits per heavy atom. The highest BCUT2D eigenvalue weighted by molar-refractivity contribution is 7.54. The minimum atomic E-state index is -3.72. The highest BCUT2D eigenvalue weighted by Crippen LogP contribution is 2.66. The van der Waals surface area contributed by atoms with Gasteiger partial charge in [-0.3, -0.25) is 4.57 Å². The third-order valence-corrected chi connectivity index (χ3v) is 7.77. The number of rotatable bonds is 7. The SMILES string of the molecule is CCOP(=O)(OCC)C1c2cc(F)ccc2C=C(c2ccccc2)N1c1ccc(C)cc1. The summed E-state index contributed by atoms with van der Waals surface area (Å²) in [6.45, 7) is 6.01. The van der Waals surface area contributed by atoms with Crippen LogP contribution in [0.2, 0.25) is 0 Å². The second kappa shape index (κ2) is 9.41. The third kappa shape index (κ3) is 4.29. The highest BCUT2D eigenvalue weighted by Gasteiger charge is 2.46. The molecule has 1 aliphatic rings. The molecule has 3 aromatic carbocycles. The van der Waals surface area contributed by atoms with Crippen LogP contribution in [0.25, 0.3) is 11.8 Å². The largest absolute Gasteiger partial charge is 0.357 e. The molecule has 3 aromatic rings. The van der Waals surface area contributed by atoms with Gasteiger partial charge in [-0.05, 0) is 67.8 Å². The lowest BCUT2D eigenvalue weighted by Gasteiger charge is -2.42. The molecule has 6 heteroatoms. The van der Waals surface area contributed by atoms with Gasteiger partial charge < -0.3 is 13.9 Å². The van der Waals surface area contributed by atoms with E-state index in [1.807, 2.05) is 72.5 Å². The van der Waals surface area contributed by atoms with Crippen LogP contribution >= 0.6 is 7.60 Å². The van der Waals surface area contributed by atoms with Crippen molar-refractivity contribution in [1.29, 1.82) is 0 Å². The van der Waals surface area contributed by atoms with E-state index in [-0.39, 0.29) is 13.2 Å². The molecule has 0 saturated heterocycles. The van der Waals surface area contributed by atoms with Gasteiger partial charge in [0, 0.05) is 5.69 Å². The van der Waals surface area contributed by atoms with Crippen LogP contribution in [0.4, 0.5) is 10.1 Å². The second-order valence-electron chi connectivity index (χ2n) is 7.62. The molecule has 32 heavy (non-hydrogen) atoms. The minimum absolute atomic E-state index is 0.213. The summed E-state index contributed by atoms with van der Waals surface area (Å²) in [5.41, 5.74) is 5.10. The van der Waals surface area contributed by atoms with Gasteiger partial charge in [0.15, 0.2) is 5.78 Å². The van der Waals surface area contributed by atoms with Crippen molar-refractivity contribution in [3.63, 3.8) is 0 Å². The van der Waals surface area contributed by atoms with Crippen molar-refractivity contribution in [1.82, 2.24) is 0 Å². The molecule has 1 aliphatic heterocycles. The summed E-state index contributed by atoms with van der Waals surface area (Å²) in [5, 5.41) is 0. The lowest BCUT2D eigenvalue weighted by Crippen LogP contribution is -2.32. The summed E-state index contributed by atoms with van der Waals surface area (Å²) in [5.74, 6) is -1.23. The van der Waals surface area contributed by atoms with Gasteiger partial charge in [-0.1, -0.05) is 54.1 Å². The maximum Gasteiger partial charge on any atom is 0.357 e. The Labute approximate surface area is 188 Å². The first-order valence-electron chi connectivity index (χ1n) is 10.8. The molecule has 166 valence electrons. The molecule has 0 saturated carbocycles. The van der Waals surface area contributed by atoms with Gasteiger partial charge in [0.2, 0.25) is 0 Å².